The van der Waals surface area contributed by atoms with E-state index in [1.54, 1.807) is 12.3 Å². The van der Waals surface area contributed by atoms with Gasteiger partial charge in [-0.05, 0) is 34.9 Å². The third kappa shape index (κ3) is 3.42. The summed E-state index contributed by atoms with van der Waals surface area (Å²) in [7, 11) is 0. The van der Waals surface area contributed by atoms with Gasteiger partial charge < -0.3 is 9.67 Å². The number of halogens is 1. The Morgan fingerprint density at radius 3 is 2.36 bits per heavy atom. The average Bonchev–Trinajstić information content (AvgIpc) is 3.05. The van der Waals surface area contributed by atoms with Crippen molar-refractivity contribution in [1.82, 2.24) is 4.57 Å². The van der Waals surface area contributed by atoms with Crippen LogP contribution in [0.5, 0.6) is 0 Å². The summed E-state index contributed by atoms with van der Waals surface area (Å²) in [6, 6.07) is 23.0. The van der Waals surface area contributed by atoms with Crippen molar-refractivity contribution in [1.29, 1.82) is 0 Å². The minimum absolute atomic E-state index is 0.191. The molecule has 0 fully saturated rings. The first-order valence-electron chi connectivity index (χ1n) is 8.73. The first kappa shape index (κ1) is 18.0. The molecule has 1 aromatic heterocycles. The van der Waals surface area contributed by atoms with E-state index in [1.807, 2.05) is 71.3 Å². The van der Waals surface area contributed by atoms with E-state index in [-0.39, 0.29) is 5.56 Å². The molecule has 5 heteroatoms. The van der Waals surface area contributed by atoms with Crippen molar-refractivity contribution >= 4 is 34.3 Å². The van der Waals surface area contributed by atoms with Gasteiger partial charge in [-0.15, -0.1) is 0 Å². The van der Waals surface area contributed by atoms with Crippen LogP contribution in [0.4, 0.5) is 0 Å². The van der Waals surface area contributed by atoms with Gasteiger partial charge in [0.1, 0.15) is 0 Å². The molecular weight excluding hydrogens is 374 g/mol. The monoisotopic (exact) mass is 389 g/mol. The highest BCUT2D eigenvalue weighted by Gasteiger charge is 2.21. The van der Waals surface area contributed by atoms with E-state index < -0.39 is 11.8 Å². The Morgan fingerprint density at radius 2 is 1.64 bits per heavy atom. The molecule has 0 saturated carbocycles. The number of rotatable bonds is 5. The summed E-state index contributed by atoms with van der Waals surface area (Å²) < 4.78 is 1.91. The van der Waals surface area contributed by atoms with Crippen LogP contribution < -0.4 is 0 Å². The minimum atomic E-state index is -1.46. The molecule has 1 N–H and O–H groups in total. The molecule has 3 aromatic carbocycles. The van der Waals surface area contributed by atoms with Gasteiger partial charge in [0.15, 0.2) is 0 Å². The zero-order valence-electron chi connectivity index (χ0n) is 14.8. The summed E-state index contributed by atoms with van der Waals surface area (Å²) in [6.07, 6.45) is 1.62. The second-order valence-electron chi connectivity index (χ2n) is 6.53. The standard InChI is InChI=1S/C23H16ClNO3/c24-18-8-4-7-16(11-18)17-9-10-19-20(22(26)23(27)28)14-25(21(19)12-17)13-15-5-2-1-3-6-15/h1-12,14H,13H2,(H,27,28). The fraction of sp³-hybridized carbons (Fsp3) is 0.0435. The van der Waals surface area contributed by atoms with Gasteiger partial charge in [0.05, 0.1) is 5.56 Å². The lowest BCUT2D eigenvalue weighted by Gasteiger charge is -2.08. The van der Waals surface area contributed by atoms with Crippen LogP contribution >= 0.6 is 11.6 Å². The van der Waals surface area contributed by atoms with Crippen LogP contribution in [0, 0.1) is 0 Å². The fourth-order valence-electron chi connectivity index (χ4n) is 3.35. The Bertz CT molecular complexity index is 1200. The van der Waals surface area contributed by atoms with Crippen LogP contribution in [0.2, 0.25) is 5.02 Å². The predicted octanol–water partition coefficient (Wildman–Crippen LogP) is 5.28. The molecule has 138 valence electrons. The molecule has 4 nitrogen and oxygen atoms in total. The average molecular weight is 390 g/mol. The Kier molecular flexibility index (Phi) is 4.72. The van der Waals surface area contributed by atoms with Crippen molar-refractivity contribution in [3.63, 3.8) is 0 Å². The molecule has 0 spiro atoms. The summed E-state index contributed by atoms with van der Waals surface area (Å²) in [5.74, 6) is -2.37. The van der Waals surface area contributed by atoms with Gasteiger partial charge in [0.2, 0.25) is 0 Å². The van der Waals surface area contributed by atoms with Crippen molar-refractivity contribution in [3.05, 3.63) is 95.1 Å². The van der Waals surface area contributed by atoms with E-state index in [0.29, 0.717) is 17.0 Å². The molecule has 0 atom stereocenters. The van der Waals surface area contributed by atoms with Crippen LogP contribution in [0.3, 0.4) is 0 Å². The number of ketones is 1. The molecular formula is C23H16ClNO3. The lowest BCUT2D eigenvalue weighted by molar-refractivity contribution is -0.131. The number of carboxylic acids is 1. The molecule has 0 amide bonds. The van der Waals surface area contributed by atoms with E-state index in [4.69, 9.17) is 11.6 Å². The zero-order chi connectivity index (χ0) is 19.7. The van der Waals surface area contributed by atoms with Crippen molar-refractivity contribution < 1.29 is 14.7 Å². The number of aliphatic carboxylic acids is 1. The van der Waals surface area contributed by atoms with Crippen molar-refractivity contribution in [2.24, 2.45) is 0 Å². The Labute approximate surface area is 166 Å². The van der Waals surface area contributed by atoms with Gasteiger partial charge in [0.25, 0.3) is 5.78 Å². The molecule has 0 aliphatic rings. The van der Waals surface area contributed by atoms with Gasteiger partial charge in [-0.25, -0.2) is 4.79 Å². The van der Waals surface area contributed by atoms with Gasteiger partial charge in [0, 0.05) is 28.7 Å². The zero-order valence-corrected chi connectivity index (χ0v) is 15.6. The second kappa shape index (κ2) is 7.33. The van der Waals surface area contributed by atoms with Gasteiger partial charge >= 0.3 is 5.97 Å². The lowest BCUT2D eigenvalue weighted by atomic mass is 10.0. The van der Waals surface area contributed by atoms with E-state index in [1.165, 1.54) is 0 Å². The van der Waals surface area contributed by atoms with E-state index in [2.05, 4.69) is 0 Å². The minimum Gasteiger partial charge on any atom is -0.475 e. The van der Waals surface area contributed by atoms with Crippen LogP contribution in [-0.2, 0) is 11.3 Å². The Hall–Kier alpha value is -3.37. The number of fused-ring (bicyclic) bond motifs is 1. The maximum atomic E-state index is 12.2. The molecule has 0 saturated heterocycles. The number of hydrogen-bond donors (Lipinski definition) is 1. The van der Waals surface area contributed by atoms with Crippen LogP contribution in [-0.4, -0.2) is 21.4 Å². The Morgan fingerprint density at radius 1 is 0.893 bits per heavy atom. The third-order valence-corrected chi connectivity index (χ3v) is 4.91. The van der Waals surface area contributed by atoms with E-state index in [9.17, 15) is 14.7 Å². The highest BCUT2D eigenvalue weighted by Crippen LogP contribution is 2.30. The molecule has 4 aromatic rings. The molecule has 28 heavy (non-hydrogen) atoms. The summed E-state index contributed by atoms with van der Waals surface area (Å²) in [5, 5.41) is 10.4. The number of benzene rings is 3. The Balaban J connectivity index is 1.89. The SMILES string of the molecule is O=C(O)C(=O)c1cn(Cc2ccccc2)c2cc(-c3cccc(Cl)c3)ccc12. The lowest BCUT2D eigenvalue weighted by Crippen LogP contribution is -2.12. The summed E-state index contributed by atoms with van der Waals surface area (Å²) in [4.78, 5) is 23.5. The van der Waals surface area contributed by atoms with E-state index >= 15 is 0 Å². The smallest absolute Gasteiger partial charge is 0.377 e. The summed E-state index contributed by atoms with van der Waals surface area (Å²) >= 11 is 6.12. The first-order chi connectivity index (χ1) is 13.5. The van der Waals surface area contributed by atoms with Crippen LogP contribution in [0.25, 0.3) is 22.0 Å². The first-order valence-corrected chi connectivity index (χ1v) is 9.11. The molecule has 0 bridgehead atoms. The predicted molar refractivity (Wildman–Crippen MR) is 110 cm³/mol. The van der Waals surface area contributed by atoms with Crippen LogP contribution in [0.1, 0.15) is 15.9 Å². The second-order valence-corrected chi connectivity index (χ2v) is 6.97. The maximum Gasteiger partial charge on any atom is 0.377 e. The van der Waals surface area contributed by atoms with Gasteiger partial charge in [-0.2, -0.15) is 0 Å². The van der Waals surface area contributed by atoms with Gasteiger partial charge in [-0.1, -0.05) is 66.2 Å². The number of aromatic nitrogens is 1. The topological polar surface area (TPSA) is 59.3 Å². The molecule has 4 rings (SSSR count). The number of nitrogens with zero attached hydrogens (tertiary/aromatic N) is 1. The van der Waals surface area contributed by atoms with Crippen molar-refractivity contribution in [3.8, 4) is 11.1 Å². The normalized spacial score (nSPS) is 10.9. The van der Waals surface area contributed by atoms with Crippen molar-refractivity contribution in [2.75, 3.05) is 0 Å². The summed E-state index contributed by atoms with van der Waals surface area (Å²) in [6.45, 7) is 0.531. The van der Waals surface area contributed by atoms with E-state index in [0.717, 1.165) is 22.2 Å². The number of Topliss-reactive ketones (excluding diaryl/α,β-unsaturated/α-hetero) is 1. The number of carboxylic acid groups (broad SMARTS) is 1. The quantitative estimate of drug-likeness (QED) is 0.373. The summed E-state index contributed by atoms with van der Waals surface area (Å²) in [5.41, 5.74) is 3.94. The van der Waals surface area contributed by atoms with Crippen molar-refractivity contribution in [2.45, 2.75) is 6.54 Å². The molecule has 0 aliphatic carbocycles. The highest BCUT2D eigenvalue weighted by molar-refractivity contribution is 6.42. The highest BCUT2D eigenvalue weighted by atomic mass is 35.5. The number of carbonyl (C=O) groups excluding carboxylic acids is 1. The largest absolute Gasteiger partial charge is 0.475 e. The molecule has 0 radical (unpaired) electrons. The molecule has 0 unspecified atom stereocenters. The maximum absolute atomic E-state index is 12.2. The van der Waals surface area contributed by atoms with Crippen LogP contribution in [0.15, 0.2) is 79.0 Å². The number of carbonyl (C=O) groups is 2. The number of hydrogen-bond acceptors (Lipinski definition) is 2. The molecule has 1 heterocycles. The molecule has 0 aliphatic heterocycles. The fourth-order valence-corrected chi connectivity index (χ4v) is 3.54. The third-order valence-electron chi connectivity index (χ3n) is 4.67. The van der Waals surface area contributed by atoms with Gasteiger partial charge in [-0.3, -0.25) is 4.79 Å².